The zero-order valence-corrected chi connectivity index (χ0v) is 16.5. The number of nitrogens with zero attached hydrogens (tertiary/aromatic N) is 4. The Kier molecular flexibility index (Phi) is 4.65. The summed E-state index contributed by atoms with van der Waals surface area (Å²) in [7, 11) is 0. The van der Waals surface area contributed by atoms with Gasteiger partial charge in [-0.25, -0.2) is 9.97 Å². The number of fused-ring (bicyclic) bond motifs is 1. The summed E-state index contributed by atoms with van der Waals surface area (Å²) in [4.78, 5) is 20.9. The Morgan fingerprint density at radius 1 is 1.17 bits per heavy atom. The first-order valence-corrected chi connectivity index (χ1v) is 9.17. The van der Waals surface area contributed by atoms with Gasteiger partial charge in [-0.2, -0.15) is 13.2 Å². The number of imidazole rings is 2. The molecule has 4 aromatic rings. The van der Waals surface area contributed by atoms with Crippen LogP contribution in [0.2, 0.25) is 0 Å². The summed E-state index contributed by atoms with van der Waals surface area (Å²) in [5, 5.41) is 2.54. The quantitative estimate of drug-likeness (QED) is 0.471. The summed E-state index contributed by atoms with van der Waals surface area (Å²) in [6.45, 7) is 1.73. The van der Waals surface area contributed by atoms with Crippen molar-refractivity contribution >= 4 is 33.2 Å². The average molecular weight is 464 g/mol. The van der Waals surface area contributed by atoms with Crippen molar-refractivity contribution in [2.24, 2.45) is 0 Å². The lowest BCUT2D eigenvalue weighted by Gasteiger charge is -2.13. The molecule has 0 aliphatic carbocycles. The van der Waals surface area contributed by atoms with Crippen LogP contribution in [0.1, 0.15) is 21.7 Å². The summed E-state index contributed by atoms with van der Waals surface area (Å²) in [6, 6.07) is 6.80. The van der Waals surface area contributed by atoms with Crippen molar-refractivity contribution < 1.29 is 18.0 Å². The van der Waals surface area contributed by atoms with Gasteiger partial charge in [0.25, 0.3) is 5.91 Å². The topological polar surface area (TPSA) is 64.2 Å². The van der Waals surface area contributed by atoms with Gasteiger partial charge in [-0.1, -0.05) is 15.9 Å². The van der Waals surface area contributed by atoms with Crippen molar-refractivity contribution in [3.8, 4) is 5.69 Å². The second-order valence-electron chi connectivity index (χ2n) is 6.36. The second kappa shape index (κ2) is 7.03. The largest absolute Gasteiger partial charge is 0.416 e. The average Bonchev–Trinajstić information content (AvgIpc) is 3.26. The first-order chi connectivity index (χ1) is 13.7. The highest BCUT2D eigenvalue weighted by Crippen LogP contribution is 2.33. The molecule has 1 N–H and O–H groups in total. The van der Waals surface area contributed by atoms with Crippen LogP contribution < -0.4 is 5.32 Å². The van der Waals surface area contributed by atoms with Crippen molar-refractivity contribution in [1.29, 1.82) is 0 Å². The third-order valence-electron chi connectivity index (χ3n) is 4.22. The number of pyridine rings is 1. The maximum absolute atomic E-state index is 13.4. The van der Waals surface area contributed by atoms with Gasteiger partial charge in [0.05, 0.1) is 23.8 Å². The van der Waals surface area contributed by atoms with Crippen LogP contribution in [-0.4, -0.2) is 24.8 Å². The van der Waals surface area contributed by atoms with Gasteiger partial charge in [0.2, 0.25) is 0 Å². The van der Waals surface area contributed by atoms with Gasteiger partial charge >= 0.3 is 6.18 Å². The molecule has 3 heterocycles. The SMILES string of the molecule is Cc1cn(-c2cc(NC(=O)c3cnc4cc(Br)ccn34)cc(C(F)(F)F)c2)cn1. The Hall–Kier alpha value is -3.14. The fraction of sp³-hybridized carbons (Fsp3) is 0.105. The molecule has 0 fully saturated rings. The lowest BCUT2D eigenvalue weighted by molar-refractivity contribution is -0.137. The van der Waals surface area contributed by atoms with E-state index in [1.54, 1.807) is 35.9 Å². The van der Waals surface area contributed by atoms with Gasteiger partial charge in [0.1, 0.15) is 11.3 Å². The molecule has 1 aromatic carbocycles. The minimum atomic E-state index is -4.57. The maximum Gasteiger partial charge on any atom is 0.416 e. The van der Waals surface area contributed by atoms with E-state index < -0.39 is 17.6 Å². The molecular weight excluding hydrogens is 451 g/mol. The van der Waals surface area contributed by atoms with E-state index in [-0.39, 0.29) is 17.1 Å². The molecule has 0 aliphatic rings. The fourth-order valence-corrected chi connectivity index (χ4v) is 3.20. The number of halogens is 4. The number of benzene rings is 1. The van der Waals surface area contributed by atoms with Crippen LogP contribution in [0.3, 0.4) is 0 Å². The minimum absolute atomic E-state index is 0.0123. The molecule has 3 aromatic heterocycles. The third kappa shape index (κ3) is 3.88. The number of carbonyl (C=O) groups excluding carboxylic acids is 1. The Morgan fingerprint density at radius 2 is 1.97 bits per heavy atom. The highest BCUT2D eigenvalue weighted by Gasteiger charge is 2.31. The van der Waals surface area contributed by atoms with Gasteiger partial charge in [0.15, 0.2) is 0 Å². The Morgan fingerprint density at radius 3 is 2.66 bits per heavy atom. The van der Waals surface area contributed by atoms with Crippen LogP contribution in [0, 0.1) is 6.92 Å². The van der Waals surface area contributed by atoms with Gasteiger partial charge in [-0.15, -0.1) is 0 Å². The number of nitrogens with one attached hydrogen (secondary N) is 1. The van der Waals surface area contributed by atoms with E-state index in [1.807, 2.05) is 0 Å². The maximum atomic E-state index is 13.4. The van der Waals surface area contributed by atoms with E-state index in [0.29, 0.717) is 11.3 Å². The van der Waals surface area contributed by atoms with Crippen LogP contribution in [0.4, 0.5) is 18.9 Å². The predicted octanol–water partition coefficient (Wildman–Crippen LogP) is 4.86. The van der Waals surface area contributed by atoms with Crippen LogP contribution in [0.25, 0.3) is 11.3 Å². The predicted molar refractivity (Wildman–Crippen MR) is 104 cm³/mol. The lowest BCUT2D eigenvalue weighted by Crippen LogP contribution is -2.15. The van der Waals surface area contributed by atoms with Crippen molar-refractivity contribution in [3.63, 3.8) is 0 Å². The van der Waals surface area contributed by atoms with E-state index in [0.717, 1.165) is 16.6 Å². The van der Waals surface area contributed by atoms with Crippen LogP contribution >= 0.6 is 15.9 Å². The molecule has 0 radical (unpaired) electrons. The zero-order chi connectivity index (χ0) is 20.8. The number of hydrogen-bond donors (Lipinski definition) is 1. The summed E-state index contributed by atoms with van der Waals surface area (Å²) in [5.74, 6) is -0.577. The number of carbonyl (C=O) groups is 1. The Bertz CT molecular complexity index is 1230. The normalized spacial score (nSPS) is 11.8. The minimum Gasteiger partial charge on any atom is -0.321 e. The molecule has 148 valence electrons. The van der Waals surface area contributed by atoms with Gasteiger partial charge in [0, 0.05) is 28.2 Å². The van der Waals surface area contributed by atoms with Crippen molar-refractivity contribution in [1.82, 2.24) is 18.9 Å². The molecular formula is C19H13BrF3N5O. The lowest BCUT2D eigenvalue weighted by atomic mass is 10.1. The fourth-order valence-electron chi connectivity index (χ4n) is 2.88. The van der Waals surface area contributed by atoms with E-state index >= 15 is 0 Å². The summed E-state index contributed by atoms with van der Waals surface area (Å²) < 4.78 is 43.9. The molecule has 4 rings (SSSR count). The number of aromatic nitrogens is 4. The molecule has 10 heteroatoms. The zero-order valence-electron chi connectivity index (χ0n) is 14.9. The molecule has 0 aliphatic heterocycles. The molecule has 6 nitrogen and oxygen atoms in total. The van der Waals surface area contributed by atoms with E-state index in [9.17, 15) is 18.0 Å². The van der Waals surface area contributed by atoms with Crippen molar-refractivity contribution in [2.75, 3.05) is 5.32 Å². The van der Waals surface area contributed by atoms with Gasteiger partial charge in [-0.05, 0) is 37.3 Å². The van der Waals surface area contributed by atoms with E-state index in [4.69, 9.17) is 0 Å². The molecule has 0 saturated heterocycles. The summed E-state index contributed by atoms with van der Waals surface area (Å²) in [6.07, 6.45) is 1.46. The number of rotatable bonds is 3. The molecule has 0 unspecified atom stereocenters. The second-order valence-corrected chi connectivity index (χ2v) is 7.28. The van der Waals surface area contributed by atoms with Crippen LogP contribution in [0.15, 0.2) is 59.7 Å². The Balaban J connectivity index is 1.72. The molecule has 29 heavy (non-hydrogen) atoms. The monoisotopic (exact) mass is 463 g/mol. The first kappa shape index (κ1) is 19.2. The van der Waals surface area contributed by atoms with Crippen molar-refractivity contribution in [3.05, 3.63) is 76.7 Å². The number of anilines is 1. The number of amides is 1. The molecule has 0 spiro atoms. The van der Waals surface area contributed by atoms with Crippen molar-refractivity contribution in [2.45, 2.75) is 13.1 Å². The Labute approximate surface area is 171 Å². The highest BCUT2D eigenvalue weighted by atomic mass is 79.9. The smallest absolute Gasteiger partial charge is 0.321 e. The first-order valence-electron chi connectivity index (χ1n) is 8.38. The molecule has 0 saturated carbocycles. The third-order valence-corrected chi connectivity index (χ3v) is 4.71. The molecule has 0 bridgehead atoms. The highest BCUT2D eigenvalue weighted by molar-refractivity contribution is 9.10. The van der Waals surface area contributed by atoms with E-state index in [2.05, 4.69) is 31.2 Å². The molecule has 1 amide bonds. The number of aryl methyl sites for hydroxylation is 1. The van der Waals surface area contributed by atoms with Crippen LogP contribution in [0.5, 0.6) is 0 Å². The van der Waals surface area contributed by atoms with E-state index in [1.165, 1.54) is 23.2 Å². The van der Waals surface area contributed by atoms with Gasteiger partial charge in [-0.3, -0.25) is 9.20 Å². The molecule has 0 atom stereocenters. The number of hydrogen-bond acceptors (Lipinski definition) is 3. The summed E-state index contributed by atoms with van der Waals surface area (Å²) >= 11 is 3.32. The van der Waals surface area contributed by atoms with Crippen LogP contribution in [-0.2, 0) is 6.18 Å². The van der Waals surface area contributed by atoms with Gasteiger partial charge < -0.3 is 9.88 Å². The standard InChI is InChI=1S/C19H13BrF3N5O/c1-11-9-27(10-25-11)15-5-12(19(21,22)23)4-14(7-15)26-18(29)16-8-24-17-6-13(20)2-3-28(16)17/h2-10H,1H3,(H,26,29). The summed E-state index contributed by atoms with van der Waals surface area (Å²) in [5.41, 5.74) is 0.757. The number of alkyl halides is 3.